The minimum atomic E-state index is -1.03. The first kappa shape index (κ1) is 21.9. The molecule has 1 N–H and O–H groups in total. The number of aliphatic carboxylic acids is 1. The number of carboxylic acid groups (broad SMARTS) is 1. The van der Waals surface area contributed by atoms with Crippen molar-refractivity contribution in [1.29, 1.82) is 0 Å². The van der Waals surface area contributed by atoms with Gasteiger partial charge < -0.3 is 19.5 Å². The van der Waals surface area contributed by atoms with E-state index in [1.807, 2.05) is 30.3 Å². The van der Waals surface area contributed by atoms with Crippen LogP contribution >= 0.6 is 0 Å². The minimum absolute atomic E-state index is 0.201. The fraction of sp³-hybridized carbons (Fsp3) is 0.591. The van der Waals surface area contributed by atoms with Gasteiger partial charge in [-0.25, -0.2) is 14.4 Å². The summed E-state index contributed by atoms with van der Waals surface area (Å²) in [5.41, 5.74) is -0.413. The molecule has 1 atom stereocenters. The number of ether oxygens (including phenoxy) is 2. The fourth-order valence-corrected chi connectivity index (χ4v) is 4.26. The van der Waals surface area contributed by atoms with Gasteiger partial charge in [0.25, 0.3) is 0 Å². The van der Waals surface area contributed by atoms with Gasteiger partial charge in [-0.2, -0.15) is 0 Å². The third kappa shape index (κ3) is 4.86. The van der Waals surface area contributed by atoms with Crippen molar-refractivity contribution >= 4 is 18.2 Å². The summed E-state index contributed by atoms with van der Waals surface area (Å²) in [5.74, 6) is -1.03. The number of nitrogens with zero attached hydrogens (tertiary/aromatic N) is 2. The van der Waals surface area contributed by atoms with Gasteiger partial charge in [-0.05, 0) is 52.0 Å². The topological polar surface area (TPSA) is 96.4 Å². The third-order valence-corrected chi connectivity index (χ3v) is 5.74. The number of piperidine rings is 1. The van der Waals surface area contributed by atoms with Crippen LogP contribution in [0.4, 0.5) is 9.59 Å². The number of hydrogen-bond acceptors (Lipinski definition) is 5. The maximum Gasteiger partial charge on any atom is 0.411 e. The number of benzene rings is 1. The highest BCUT2D eigenvalue weighted by Gasteiger charge is 2.54. The quantitative estimate of drug-likeness (QED) is 0.805. The Labute approximate surface area is 176 Å². The number of rotatable bonds is 3. The van der Waals surface area contributed by atoms with Crippen LogP contribution in [0.1, 0.15) is 52.0 Å². The molecule has 1 unspecified atom stereocenters. The largest absolute Gasteiger partial charge is 0.480 e. The van der Waals surface area contributed by atoms with E-state index in [0.717, 1.165) is 5.56 Å². The summed E-state index contributed by atoms with van der Waals surface area (Å²) in [4.78, 5) is 40.1. The Morgan fingerprint density at radius 3 is 2.27 bits per heavy atom. The third-order valence-electron chi connectivity index (χ3n) is 5.74. The molecule has 0 aliphatic carbocycles. The summed E-state index contributed by atoms with van der Waals surface area (Å²) in [6.07, 6.45) is 0.952. The Balaban J connectivity index is 1.64. The molecule has 3 rings (SSSR count). The fourth-order valence-electron chi connectivity index (χ4n) is 4.26. The lowest BCUT2D eigenvalue weighted by atomic mass is 9.85. The van der Waals surface area contributed by atoms with Gasteiger partial charge in [0.15, 0.2) is 0 Å². The monoisotopic (exact) mass is 418 g/mol. The minimum Gasteiger partial charge on any atom is -0.480 e. The lowest BCUT2D eigenvalue weighted by Gasteiger charge is -2.45. The van der Waals surface area contributed by atoms with E-state index >= 15 is 0 Å². The van der Waals surface area contributed by atoms with Crippen molar-refractivity contribution in [2.24, 2.45) is 0 Å². The summed E-state index contributed by atoms with van der Waals surface area (Å²) >= 11 is 0. The number of carbonyl (C=O) groups excluding carboxylic acids is 2. The van der Waals surface area contributed by atoms with E-state index in [4.69, 9.17) is 9.47 Å². The molecule has 30 heavy (non-hydrogen) atoms. The van der Waals surface area contributed by atoms with Gasteiger partial charge in [0.05, 0.1) is 5.54 Å². The van der Waals surface area contributed by atoms with Gasteiger partial charge in [-0.3, -0.25) is 4.90 Å². The lowest BCUT2D eigenvalue weighted by molar-refractivity contribution is -0.143. The van der Waals surface area contributed by atoms with Gasteiger partial charge >= 0.3 is 18.2 Å². The summed E-state index contributed by atoms with van der Waals surface area (Å²) in [5, 5.41) is 9.63. The van der Waals surface area contributed by atoms with Crippen LogP contribution < -0.4 is 0 Å². The van der Waals surface area contributed by atoms with Crippen molar-refractivity contribution in [2.75, 3.05) is 13.1 Å². The molecule has 0 bridgehead atoms. The van der Waals surface area contributed by atoms with Crippen LogP contribution in [0, 0.1) is 0 Å². The zero-order valence-electron chi connectivity index (χ0n) is 17.8. The van der Waals surface area contributed by atoms with Crippen LogP contribution in [0.2, 0.25) is 0 Å². The molecular formula is C22H30N2O6. The van der Waals surface area contributed by atoms with Crippen LogP contribution in [0.25, 0.3) is 0 Å². The van der Waals surface area contributed by atoms with Crippen LogP contribution in [0.3, 0.4) is 0 Å². The first-order valence-corrected chi connectivity index (χ1v) is 10.3. The Morgan fingerprint density at radius 1 is 1.07 bits per heavy atom. The smallest absolute Gasteiger partial charge is 0.411 e. The molecule has 2 aliphatic heterocycles. The molecule has 2 saturated heterocycles. The normalized spacial score (nSPS) is 20.8. The van der Waals surface area contributed by atoms with Crippen LogP contribution in [-0.4, -0.2) is 63.3 Å². The Bertz CT molecular complexity index is 781. The summed E-state index contributed by atoms with van der Waals surface area (Å²) in [6, 6.07) is 8.55. The van der Waals surface area contributed by atoms with Crippen molar-refractivity contribution in [2.45, 2.75) is 70.2 Å². The van der Waals surface area contributed by atoms with Gasteiger partial charge in [-0.1, -0.05) is 30.3 Å². The number of likely N-dealkylation sites (tertiary alicyclic amines) is 2. The average molecular weight is 418 g/mol. The second-order valence-corrected chi connectivity index (χ2v) is 8.99. The van der Waals surface area contributed by atoms with Crippen molar-refractivity contribution in [3.8, 4) is 0 Å². The predicted molar refractivity (Wildman–Crippen MR) is 109 cm³/mol. The molecule has 2 fully saturated rings. The highest BCUT2D eigenvalue weighted by molar-refractivity contribution is 5.82. The Kier molecular flexibility index (Phi) is 6.24. The predicted octanol–water partition coefficient (Wildman–Crippen LogP) is 3.64. The van der Waals surface area contributed by atoms with E-state index in [2.05, 4.69) is 0 Å². The van der Waals surface area contributed by atoms with Gasteiger partial charge in [0.2, 0.25) is 0 Å². The van der Waals surface area contributed by atoms with E-state index in [9.17, 15) is 19.5 Å². The average Bonchev–Trinajstić information content (AvgIpc) is 3.05. The van der Waals surface area contributed by atoms with E-state index in [1.165, 1.54) is 4.90 Å². The molecule has 1 spiro atoms. The first-order valence-electron chi connectivity index (χ1n) is 10.3. The summed E-state index contributed by atoms with van der Waals surface area (Å²) in [6.45, 7) is 6.28. The molecule has 0 aromatic heterocycles. The van der Waals surface area contributed by atoms with Crippen molar-refractivity contribution < 1.29 is 29.0 Å². The zero-order valence-corrected chi connectivity index (χ0v) is 17.8. The second kappa shape index (κ2) is 8.53. The SMILES string of the molecule is CC(C)(C)OC(=O)N1C(C(=O)O)CCC12CCN(C(=O)OCc1ccccc1)CC2. The molecule has 1 aromatic carbocycles. The van der Waals surface area contributed by atoms with E-state index < -0.39 is 35.3 Å². The Morgan fingerprint density at radius 2 is 1.70 bits per heavy atom. The van der Waals surface area contributed by atoms with Crippen molar-refractivity contribution in [3.05, 3.63) is 35.9 Å². The highest BCUT2D eigenvalue weighted by Crippen LogP contribution is 2.42. The summed E-state index contributed by atoms with van der Waals surface area (Å²) in [7, 11) is 0. The molecular weight excluding hydrogens is 388 g/mol. The highest BCUT2D eigenvalue weighted by atomic mass is 16.6. The molecule has 1 aromatic rings. The van der Waals surface area contributed by atoms with E-state index in [1.54, 1.807) is 25.7 Å². The maximum absolute atomic E-state index is 12.9. The molecule has 8 heteroatoms. The van der Waals surface area contributed by atoms with Crippen molar-refractivity contribution in [3.63, 3.8) is 0 Å². The second-order valence-electron chi connectivity index (χ2n) is 8.99. The maximum atomic E-state index is 12.9. The van der Waals surface area contributed by atoms with Gasteiger partial charge in [0, 0.05) is 13.1 Å². The number of carbonyl (C=O) groups is 3. The van der Waals surface area contributed by atoms with Gasteiger partial charge in [0.1, 0.15) is 18.2 Å². The number of carboxylic acids is 1. The van der Waals surface area contributed by atoms with Crippen LogP contribution in [-0.2, 0) is 20.9 Å². The Hall–Kier alpha value is -2.77. The molecule has 0 radical (unpaired) electrons. The molecule has 0 saturated carbocycles. The zero-order chi connectivity index (χ0) is 21.9. The standard InChI is InChI=1S/C22H30N2O6/c1-21(2,3)30-20(28)24-17(18(25)26)9-10-22(24)11-13-23(14-12-22)19(27)29-15-16-7-5-4-6-8-16/h4-8,17H,9-15H2,1-3H3,(H,25,26). The molecule has 8 nitrogen and oxygen atoms in total. The van der Waals surface area contributed by atoms with E-state index in [0.29, 0.717) is 38.8 Å². The lowest BCUT2D eigenvalue weighted by Crippen LogP contribution is -2.58. The molecule has 2 heterocycles. The van der Waals surface area contributed by atoms with Crippen LogP contribution in [0.5, 0.6) is 0 Å². The first-order chi connectivity index (χ1) is 14.1. The molecule has 164 valence electrons. The van der Waals surface area contributed by atoms with Gasteiger partial charge in [-0.15, -0.1) is 0 Å². The molecule has 2 aliphatic rings. The number of hydrogen-bond donors (Lipinski definition) is 1. The molecule has 2 amide bonds. The number of amides is 2. The van der Waals surface area contributed by atoms with Crippen molar-refractivity contribution in [1.82, 2.24) is 9.80 Å². The van der Waals surface area contributed by atoms with E-state index in [-0.39, 0.29) is 6.61 Å². The van der Waals surface area contributed by atoms with Crippen LogP contribution in [0.15, 0.2) is 30.3 Å². The summed E-state index contributed by atoms with van der Waals surface area (Å²) < 4.78 is 10.9.